The van der Waals surface area contributed by atoms with Crippen molar-refractivity contribution in [2.45, 2.75) is 6.61 Å². The monoisotopic (exact) mass is 390 g/mol. The van der Waals surface area contributed by atoms with E-state index in [1.165, 1.54) is 18.2 Å². The molecule has 0 fully saturated rings. The lowest BCUT2D eigenvalue weighted by Crippen LogP contribution is -2.15. The Morgan fingerprint density at radius 1 is 1.25 bits per heavy atom. The van der Waals surface area contributed by atoms with Crippen LogP contribution in [-0.4, -0.2) is 17.5 Å². The first-order valence-corrected chi connectivity index (χ1v) is 6.61. The van der Waals surface area contributed by atoms with Crippen molar-refractivity contribution < 1.29 is 18.3 Å². The zero-order valence-electron chi connectivity index (χ0n) is 10.0. The second-order valence-corrected chi connectivity index (χ2v) is 4.94. The van der Waals surface area contributed by atoms with Crippen LogP contribution in [-0.2, 0) is 0 Å². The molecule has 7 heteroatoms. The second kappa shape index (κ2) is 6.60. The molecule has 0 unspecified atom stereocenters. The molecule has 4 nitrogen and oxygen atoms in total. The molecular weight excluding hydrogens is 381 g/mol. The van der Waals surface area contributed by atoms with Crippen LogP contribution in [0.1, 0.15) is 10.4 Å². The van der Waals surface area contributed by atoms with Crippen molar-refractivity contribution in [1.82, 2.24) is 4.98 Å². The maximum absolute atomic E-state index is 12.3. The first-order valence-electron chi connectivity index (χ1n) is 5.53. The molecule has 20 heavy (non-hydrogen) atoms. The van der Waals surface area contributed by atoms with Gasteiger partial charge in [0.1, 0.15) is 11.6 Å². The van der Waals surface area contributed by atoms with Crippen LogP contribution in [0, 0.1) is 3.57 Å². The van der Waals surface area contributed by atoms with E-state index < -0.39 is 12.5 Å². The molecular formula is C13H9F2IN2O2. The Hall–Kier alpha value is -1.77. The smallest absolute Gasteiger partial charge is 0.387 e. The van der Waals surface area contributed by atoms with Crippen LogP contribution >= 0.6 is 22.6 Å². The van der Waals surface area contributed by atoms with Crippen molar-refractivity contribution in [3.05, 3.63) is 51.7 Å². The highest BCUT2D eigenvalue weighted by molar-refractivity contribution is 14.1. The molecule has 1 amide bonds. The maximum Gasteiger partial charge on any atom is 0.387 e. The highest BCUT2D eigenvalue weighted by atomic mass is 127. The summed E-state index contributed by atoms with van der Waals surface area (Å²) in [6, 6.07) is 9.18. The number of benzene rings is 1. The molecule has 104 valence electrons. The summed E-state index contributed by atoms with van der Waals surface area (Å²) < 4.78 is 29.8. The minimum atomic E-state index is -2.99. The van der Waals surface area contributed by atoms with Crippen molar-refractivity contribution >= 4 is 34.3 Å². The molecule has 0 radical (unpaired) electrons. The summed E-state index contributed by atoms with van der Waals surface area (Å²) in [5, 5.41) is 2.52. The predicted octanol–water partition coefficient (Wildman–Crippen LogP) is 3.54. The Kier molecular flexibility index (Phi) is 4.83. The summed E-state index contributed by atoms with van der Waals surface area (Å²) in [5.41, 5.74) is 0.0214. The van der Waals surface area contributed by atoms with Crippen LogP contribution in [0.15, 0.2) is 42.6 Å². The fourth-order valence-corrected chi connectivity index (χ4v) is 1.81. The van der Waals surface area contributed by atoms with E-state index in [2.05, 4.69) is 37.6 Å². The normalized spacial score (nSPS) is 10.4. The lowest BCUT2D eigenvalue weighted by atomic mass is 10.2. The van der Waals surface area contributed by atoms with Gasteiger partial charge in [-0.15, -0.1) is 0 Å². The number of nitrogens with zero attached hydrogens (tertiary/aromatic N) is 1. The van der Waals surface area contributed by atoms with Gasteiger partial charge in [0, 0.05) is 9.77 Å². The quantitative estimate of drug-likeness (QED) is 0.813. The molecule has 2 rings (SSSR count). The zero-order valence-corrected chi connectivity index (χ0v) is 12.2. The number of anilines is 1. The molecule has 1 aromatic heterocycles. The number of aromatic nitrogens is 1. The molecule has 2 aromatic rings. The maximum atomic E-state index is 12.3. The van der Waals surface area contributed by atoms with E-state index in [1.807, 2.05) is 0 Å². The van der Waals surface area contributed by atoms with E-state index in [0.29, 0.717) is 5.82 Å². The van der Waals surface area contributed by atoms with Gasteiger partial charge in [-0.3, -0.25) is 4.79 Å². The van der Waals surface area contributed by atoms with E-state index in [0.717, 1.165) is 3.57 Å². The van der Waals surface area contributed by atoms with E-state index in [-0.39, 0.29) is 11.3 Å². The molecule has 0 atom stereocenters. The third-order valence-electron chi connectivity index (χ3n) is 2.32. The Morgan fingerprint density at radius 3 is 2.65 bits per heavy atom. The molecule has 0 aliphatic carbocycles. The number of nitrogens with one attached hydrogen (secondary N) is 1. The minimum absolute atomic E-state index is 0.0214. The van der Waals surface area contributed by atoms with E-state index in [1.54, 1.807) is 24.4 Å². The number of alkyl halides is 2. The topological polar surface area (TPSA) is 51.2 Å². The molecule has 0 saturated carbocycles. The number of amides is 1. The van der Waals surface area contributed by atoms with Crippen LogP contribution in [0.2, 0.25) is 0 Å². The summed E-state index contributed by atoms with van der Waals surface area (Å²) in [6.45, 7) is -2.99. The van der Waals surface area contributed by atoms with Crippen LogP contribution in [0.3, 0.4) is 0 Å². The third-order valence-corrected chi connectivity index (χ3v) is 2.95. The summed E-state index contributed by atoms with van der Waals surface area (Å²) in [7, 11) is 0. The van der Waals surface area contributed by atoms with Crippen LogP contribution < -0.4 is 10.1 Å². The molecule has 0 saturated heterocycles. The Balaban J connectivity index is 2.18. The number of ether oxygens (including phenoxy) is 1. The first-order chi connectivity index (χ1) is 9.56. The molecule has 0 bridgehead atoms. The van der Waals surface area contributed by atoms with Crippen molar-refractivity contribution in [3.8, 4) is 5.75 Å². The summed E-state index contributed by atoms with van der Waals surface area (Å²) in [6.07, 6.45) is 1.58. The molecule has 1 N–H and O–H groups in total. The molecule has 0 aliphatic heterocycles. The molecule has 0 spiro atoms. The fourth-order valence-electron chi connectivity index (χ4n) is 1.49. The zero-order chi connectivity index (χ0) is 14.5. The number of hydrogen-bond acceptors (Lipinski definition) is 3. The Bertz CT molecular complexity index is 606. The van der Waals surface area contributed by atoms with Gasteiger partial charge < -0.3 is 10.1 Å². The average molecular weight is 390 g/mol. The first kappa shape index (κ1) is 14.6. The van der Waals surface area contributed by atoms with Gasteiger partial charge in [-0.05, 0) is 46.9 Å². The van der Waals surface area contributed by atoms with Crippen molar-refractivity contribution in [2.24, 2.45) is 0 Å². The molecule has 1 heterocycles. The fraction of sp³-hybridized carbons (Fsp3) is 0.0769. The third kappa shape index (κ3) is 3.86. The summed E-state index contributed by atoms with van der Waals surface area (Å²) in [4.78, 5) is 16.0. The standard InChI is InChI=1S/C13H9F2IN2O2/c14-13(15)20-10-4-2-1-3-9(10)12(19)18-11-6-5-8(16)7-17-11/h1-7,13H,(H,17,18,19). The number of pyridine rings is 1. The molecule has 0 aliphatic rings. The van der Waals surface area contributed by atoms with E-state index >= 15 is 0 Å². The second-order valence-electron chi connectivity index (χ2n) is 3.69. The summed E-state index contributed by atoms with van der Waals surface area (Å²) in [5.74, 6) is -0.400. The van der Waals surface area contributed by atoms with Crippen molar-refractivity contribution in [2.75, 3.05) is 5.32 Å². The van der Waals surface area contributed by atoms with Gasteiger partial charge in [-0.1, -0.05) is 12.1 Å². The van der Waals surface area contributed by atoms with Gasteiger partial charge in [0.05, 0.1) is 5.56 Å². The largest absolute Gasteiger partial charge is 0.434 e. The number of para-hydroxylation sites is 1. The minimum Gasteiger partial charge on any atom is -0.434 e. The summed E-state index contributed by atoms with van der Waals surface area (Å²) >= 11 is 2.08. The van der Waals surface area contributed by atoms with Crippen LogP contribution in [0.25, 0.3) is 0 Å². The number of hydrogen-bond donors (Lipinski definition) is 1. The number of carbonyl (C=O) groups excluding carboxylic acids is 1. The molecule has 1 aromatic carbocycles. The number of rotatable bonds is 4. The van der Waals surface area contributed by atoms with Crippen molar-refractivity contribution in [3.63, 3.8) is 0 Å². The van der Waals surface area contributed by atoms with E-state index in [9.17, 15) is 13.6 Å². The van der Waals surface area contributed by atoms with E-state index in [4.69, 9.17) is 0 Å². The average Bonchev–Trinajstić information content (AvgIpc) is 2.41. The predicted molar refractivity (Wildman–Crippen MR) is 78.0 cm³/mol. The van der Waals surface area contributed by atoms with Crippen LogP contribution in [0.4, 0.5) is 14.6 Å². The lowest BCUT2D eigenvalue weighted by molar-refractivity contribution is -0.0501. The van der Waals surface area contributed by atoms with Gasteiger partial charge in [0.25, 0.3) is 5.91 Å². The lowest BCUT2D eigenvalue weighted by Gasteiger charge is -2.10. The van der Waals surface area contributed by atoms with Gasteiger partial charge in [0.15, 0.2) is 0 Å². The van der Waals surface area contributed by atoms with Gasteiger partial charge >= 0.3 is 6.61 Å². The van der Waals surface area contributed by atoms with Gasteiger partial charge in [-0.25, -0.2) is 4.98 Å². The number of carbonyl (C=O) groups is 1. The SMILES string of the molecule is O=C(Nc1ccc(I)cn1)c1ccccc1OC(F)F. The highest BCUT2D eigenvalue weighted by Gasteiger charge is 2.15. The van der Waals surface area contributed by atoms with Crippen molar-refractivity contribution in [1.29, 1.82) is 0 Å². The number of halogens is 3. The Labute approximate surface area is 127 Å². The highest BCUT2D eigenvalue weighted by Crippen LogP contribution is 2.21. The van der Waals surface area contributed by atoms with Gasteiger partial charge in [-0.2, -0.15) is 8.78 Å². The van der Waals surface area contributed by atoms with Gasteiger partial charge in [0.2, 0.25) is 0 Å². The Morgan fingerprint density at radius 2 is 2.00 bits per heavy atom. The van der Waals surface area contributed by atoms with Crippen LogP contribution in [0.5, 0.6) is 5.75 Å².